The lowest BCUT2D eigenvalue weighted by molar-refractivity contribution is -0.113. The number of anilines is 1. The molecule has 1 aromatic heterocycles. The monoisotopic (exact) mass is 404 g/mol. The quantitative estimate of drug-likeness (QED) is 0.586. The number of hydrogen-bond donors (Lipinski definition) is 1. The van der Waals surface area contributed by atoms with Crippen LogP contribution in [-0.4, -0.2) is 16.6 Å². The summed E-state index contributed by atoms with van der Waals surface area (Å²) in [4.78, 5) is 16.6. The number of carbonyl (C=O) groups excluding carboxylic acids is 1. The summed E-state index contributed by atoms with van der Waals surface area (Å²) < 4.78 is 1.84. The molecule has 0 saturated carbocycles. The average Bonchev–Trinajstić information content (AvgIpc) is 3.03. The predicted molar refractivity (Wildman–Crippen MR) is 101 cm³/mol. The first-order chi connectivity index (χ1) is 11.2. The molecule has 1 amide bonds. The van der Waals surface area contributed by atoms with E-state index in [-0.39, 0.29) is 5.91 Å². The summed E-state index contributed by atoms with van der Waals surface area (Å²) in [6.07, 6.45) is 0. The predicted octanol–water partition coefficient (Wildman–Crippen LogP) is 5.30. The molecule has 116 valence electrons. The summed E-state index contributed by atoms with van der Waals surface area (Å²) in [5.41, 5.74) is 2.83. The highest BCUT2D eigenvalue weighted by Gasteiger charge is 2.08. The second kappa shape index (κ2) is 7.77. The number of hydrogen-bond acceptors (Lipinski definition) is 4. The fourth-order valence-corrected chi connectivity index (χ4v) is 3.99. The molecule has 3 rings (SSSR count). The Morgan fingerprint density at radius 2 is 2.00 bits per heavy atom. The molecule has 3 aromatic rings. The molecule has 0 saturated heterocycles. The van der Waals surface area contributed by atoms with Crippen LogP contribution in [0.25, 0.3) is 11.3 Å². The van der Waals surface area contributed by atoms with Crippen molar-refractivity contribution in [3.05, 3.63) is 64.5 Å². The van der Waals surface area contributed by atoms with Crippen molar-refractivity contribution < 1.29 is 4.79 Å². The molecule has 0 spiro atoms. The third-order valence-electron chi connectivity index (χ3n) is 2.99. The molecule has 1 N–H and O–H groups in total. The number of aromatic nitrogens is 1. The van der Waals surface area contributed by atoms with E-state index in [4.69, 9.17) is 0 Å². The van der Waals surface area contributed by atoms with E-state index in [9.17, 15) is 4.79 Å². The van der Waals surface area contributed by atoms with Gasteiger partial charge in [0.25, 0.3) is 0 Å². The molecule has 0 radical (unpaired) electrons. The van der Waals surface area contributed by atoms with E-state index in [1.807, 2.05) is 60.0 Å². The minimum absolute atomic E-state index is 0.0374. The second-order valence-electron chi connectivity index (χ2n) is 4.71. The Labute approximate surface area is 151 Å². The minimum atomic E-state index is -0.0374. The molecular formula is C17H13BrN2OS2. The fourth-order valence-electron chi connectivity index (χ4n) is 1.96. The number of thioether (sulfide) groups is 1. The maximum atomic E-state index is 12.0. The van der Waals surface area contributed by atoms with Crippen molar-refractivity contribution in [3.63, 3.8) is 0 Å². The van der Waals surface area contributed by atoms with Gasteiger partial charge in [-0.3, -0.25) is 4.79 Å². The standard InChI is InChI=1S/C17H13BrN2OS2/c18-13-7-4-8-14(9-13)19-16(21)11-23-17-20-15(10-22-17)12-5-2-1-3-6-12/h1-10H,11H2,(H,19,21). The van der Waals surface area contributed by atoms with Gasteiger partial charge in [-0.1, -0.05) is 64.1 Å². The maximum absolute atomic E-state index is 12.0. The summed E-state index contributed by atoms with van der Waals surface area (Å²) in [6.45, 7) is 0. The van der Waals surface area contributed by atoms with Crippen molar-refractivity contribution in [2.45, 2.75) is 4.34 Å². The van der Waals surface area contributed by atoms with Crippen LogP contribution in [0.2, 0.25) is 0 Å². The first kappa shape index (κ1) is 16.2. The smallest absolute Gasteiger partial charge is 0.234 e. The zero-order valence-corrected chi connectivity index (χ0v) is 15.2. The van der Waals surface area contributed by atoms with Gasteiger partial charge in [0.15, 0.2) is 4.34 Å². The molecule has 0 aliphatic rings. The topological polar surface area (TPSA) is 42.0 Å². The molecule has 0 atom stereocenters. The van der Waals surface area contributed by atoms with Crippen LogP contribution in [0.15, 0.2) is 68.8 Å². The first-order valence-corrected chi connectivity index (χ1v) is 9.56. The summed E-state index contributed by atoms with van der Waals surface area (Å²) in [6, 6.07) is 17.6. The number of carbonyl (C=O) groups is 1. The number of nitrogens with one attached hydrogen (secondary N) is 1. The third-order valence-corrected chi connectivity index (χ3v) is 5.50. The Balaban J connectivity index is 1.56. The van der Waals surface area contributed by atoms with Crippen LogP contribution in [0, 0.1) is 0 Å². The van der Waals surface area contributed by atoms with E-state index in [2.05, 4.69) is 26.2 Å². The number of benzene rings is 2. The van der Waals surface area contributed by atoms with Crippen molar-refractivity contribution in [1.29, 1.82) is 0 Å². The van der Waals surface area contributed by atoms with Gasteiger partial charge in [0, 0.05) is 21.1 Å². The van der Waals surface area contributed by atoms with E-state index in [0.717, 1.165) is 25.8 Å². The summed E-state index contributed by atoms with van der Waals surface area (Å²) in [7, 11) is 0. The Morgan fingerprint density at radius 1 is 1.17 bits per heavy atom. The molecule has 0 aliphatic carbocycles. The van der Waals surface area contributed by atoms with Crippen molar-refractivity contribution in [1.82, 2.24) is 4.98 Å². The molecule has 23 heavy (non-hydrogen) atoms. The molecule has 6 heteroatoms. The van der Waals surface area contributed by atoms with Gasteiger partial charge in [0.05, 0.1) is 11.4 Å². The van der Waals surface area contributed by atoms with Crippen molar-refractivity contribution in [2.75, 3.05) is 11.1 Å². The lowest BCUT2D eigenvalue weighted by Crippen LogP contribution is -2.13. The van der Waals surface area contributed by atoms with Gasteiger partial charge in [0.1, 0.15) is 0 Å². The Hall–Kier alpha value is -1.63. The van der Waals surface area contributed by atoms with Gasteiger partial charge in [-0.25, -0.2) is 4.98 Å². The number of thiazole rings is 1. The molecule has 2 aromatic carbocycles. The number of nitrogens with zero attached hydrogens (tertiary/aromatic N) is 1. The largest absolute Gasteiger partial charge is 0.325 e. The van der Waals surface area contributed by atoms with E-state index < -0.39 is 0 Å². The molecular weight excluding hydrogens is 392 g/mol. The molecule has 3 nitrogen and oxygen atoms in total. The summed E-state index contributed by atoms with van der Waals surface area (Å²) >= 11 is 6.40. The van der Waals surface area contributed by atoms with Crippen LogP contribution < -0.4 is 5.32 Å². The highest BCUT2D eigenvalue weighted by atomic mass is 79.9. The van der Waals surface area contributed by atoms with Crippen LogP contribution in [-0.2, 0) is 4.79 Å². The highest BCUT2D eigenvalue weighted by Crippen LogP contribution is 2.28. The normalized spacial score (nSPS) is 10.5. The highest BCUT2D eigenvalue weighted by molar-refractivity contribution is 9.10. The van der Waals surface area contributed by atoms with Crippen LogP contribution in [0.1, 0.15) is 0 Å². The fraction of sp³-hybridized carbons (Fsp3) is 0.0588. The Morgan fingerprint density at radius 3 is 2.78 bits per heavy atom. The van der Waals surface area contributed by atoms with Gasteiger partial charge in [-0.15, -0.1) is 11.3 Å². The summed E-state index contributed by atoms with van der Waals surface area (Å²) in [5.74, 6) is 0.304. The van der Waals surface area contributed by atoms with Crippen molar-refractivity contribution >= 4 is 50.6 Å². The van der Waals surface area contributed by atoms with Crippen LogP contribution in [0.3, 0.4) is 0 Å². The lowest BCUT2D eigenvalue weighted by Gasteiger charge is -2.04. The van der Waals surface area contributed by atoms with Crippen LogP contribution in [0.5, 0.6) is 0 Å². The third kappa shape index (κ3) is 4.67. The van der Waals surface area contributed by atoms with Gasteiger partial charge in [-0.05, 0) is 18.2 Å². The van der Waals surface area contributed by atoms with Crippen molar-refractivity contribution in [2.24, 2.45) is 0 Å². The average molecular weight is 405 g/mol. The second-order valence-corrected chi connectivity index (χ2v) is 7.71. The van der Waals surface area contributed by atoms with Crippen molar-refractivity contribution in [3.8, 4) is 11.3 Å². The zero-order valence-electron chi connectivity index (χ0n) is 12.0. The van der Waals surface area contributed by atoms with E-state index in [0.29, 0.717) is 5.75 Å². The Bertz CT molecular complexity index is 805. The van der Waals surface area contributed by atoms with Gasteiger partial charge >= 0.3 is 0 Å². The van der Waals surface area contributed by atoms with Crippen LogP contribution >= 0.6 is 39.0 Å². The van der Waals surface area contributed by atoms with Gasteiger partial charge < -0.3 is 5.32 Å². The SMILES string of the molecule is O=C(CSc1nc(-c2ccccc2)cs1)Nc1cccc(Br)c1. The minimum Gasteiger partial charge on any atom is -0.325 e. The molecule has 0 unspecified atom stereocenters. The van der Waals surface area contributed by atoms with E-state index >= 15 is 0 Å². The summed E-state index contributed by atoms with van der Waals surface area (Å²) in [5, 5.41) is 4.90. The first-order valence-electron chi connectivity index (χ1n) is 6.90. The van der Waals surface area contributed by atoms with Gasteiger partial charge in [0.2, 0.25) is 5.91 Å². The zero-order chi connectivity index (χ0) is 16.1. The molecule has 1 heterocycles. The lowest BCUT2D eigenvalue weighted by atomic mass is 10.2. The van der Waals surface area contributed by atoms with E-state index in [1.165, 1.54) is 11.8 Å². The number of amides is 1. The molecule has 0 bridgehead atoms. The van der Waals surface area contributed by atoms with Crippen LogP contribution in [0.4, 0.5) is 5.69 Å². The Kier molecular flexibility index (Phi) is 5.48. The molecule has 0 fully saturated rings. The van der Waals surface area contributed by atoms with Gasteiger partial charge in [-0.2, -0.15) is 0 Å². The van der Waals surface area contributed by atoms with E-state index in [1.54, 1.807) is 11.3 Å². The number of rotatable bonds is 5. The number of halogens is 1. The molecule has 0 aliphatic heterocycles. The maximum Gasteiger partial charge on any atom is 0.234 e.